The van der Waals surface area contributed by atoms with Gasteiger partial charge in [-0.1, -0.05) is 12.1 Å². The van der Waals surface area contributed by atoms with Crippen molar-refractivity contribution in [2.45, 2.75) is 0 Å². The molecule has 0 aliphatic heterocycles. The van der Waals surface area contributed by atoms with Gasteiger partial charge in [0.25, 0.3) is 5.91 Å². The number of carbonyl (C=O) groups excluding carboxylic acids is 2. The van der Waals surface area contributed by atoms with E-state index in [2.05, 4.69) is 10.4 Å². The van der Waals surface area contributed by atoms with Crippen LogP contribution in [0.15, 0.2) is 72.2 Å². The second kappa shape index (κ2) is 8.30. The summed E-state index contributed by atoms with van der Waals surface area (Å²) in [5.74, 6) is -1.23. The zero-order chi connectivity index (χ0) is 21.1. The molecular weight excluding hydrogens is 405 g/mol. The van der Waals surface area contributed by atoms with Crippen LogP contribution in [0, 0.1) is 5.82 Å². The molecule has 0 saturated carbocycles. The number of halogens is 1. The summed E-state index contributed by atoms with van der Waals surface area (Å²) in [5, 5.41) is 9.24. The van der Waals surface area contributed by atoms with Crippen LogP contribution in [-0.2, 0) is 4.74 Å². The van der Waals surface area contributed by atoms with Crippen LogP contribution < -0.4 is 5.32 Å². The number of nitrogens with zero attached hydrogens (tertiary/aromatic N) is 2. The maximum absolute atomic E-state index is 13.3. The van der Waals surface area contributed by atoms with Crippen LogP contribution in [0.25, 0.3) is 16.3 Å². The second-order valence-corrected chi connectivity index (χ2v) is 7.26. The van der Waals surface area contributed by atoms with Crippen molar-refractivity contribution < 1.29 is 18.7 Å². The van der Waals surface area contributed by atoms with Crippen LogP contribution in [0.4, 0.5) is 10.1 Å². The predicted octanol–water partition coefficient (Wildman–Crippen LogP) is 4.78. The molecule has 0 aliphatic rings. The number of hydrogen-bond donors (Lipinski definition) is 1. The normalized spacial score (nSPS) is 10.6. The van der Waals surface area contributed by atoms with E-state index in [4.69, 9.17) is 4.74 Å². The molecule has 2 aromatic carbocycles. The zero-order valence-electron chi connectivity index (χ0n) is 15.8. The first kappa shape index (κ1) is 19.5. The molecule has 0 fully saturated rings. The molecule has 4 rings (SSSR count). The highest BCUT2D eigenvalue weighted by atomic mass is 32.1. The largest absolute Gasteiger partial charge is 0.465 e. The van der Waals surface area contributed by atoms with Crippen LogP contribution in [0.5, 0.6) is 0 Å². The van der Waals surface area contributed by atoms with Crippen molar-refractivity contribution in [1.29, 1.82) is 0 Å². The Kier molecular flexibility index (Phi) is 5.40. The van der Waals surface area contributed by atoms with E-state index in [0.717, 1.165) is 4.88 Å². The maximum atomic E-state index is 13.3. The molecule has 0 atom stereocenters. The minimum Gasteiger partial charge on any atom is -0.465 e. The molecule has 150 valence electrons. The van der Waals surface area contributed by atoms with Crippen molar-refractivity contribution in [2.75, 3.05) is 12.4 Å². The van der Waals surface area contributed by atoms with Crippen molar-refractivity contribution >= 4 is 28.9 Å². The number of ether oxygens (including phenoxy) is 1. The third-order valence-corrected chi connectivity index (χ3v) is 5.22. The van der Waals surface area contributed by atoms with E-state index in [1.54, 1.807) is 42.6 Å². The number of nitrogens with one attached hydrogen (secondary N) is 1. The van der Waals surface area contributed by atoms with Gasteiger partial charge < -0.3 is 10.1 Å². The van der Waals surface area contributed by atoms with E-state index in [9.17, 15) is 14.0 Å². The Morgan fingerprint density at radius 2 is 1.90 bits per heavy atom. The third kappa shape index (κ3) is 3.99. The SMILES string of the molecule is COC(=O)c1cccc(NC(=O)c2cn(-c3ccc(F)cc3)nc2-c2cccs2)c1. The number of benzene rings is 2. The monoisotopic (exact) mass is 421 g/mol. The highest BCUT2D eigenvalue weighted by molar-refractivity contribution is 7.13. The summed E-state index contributed by atoms with van der Waals surface area (Å²) in [5.41, 5.74) is 2.27. The van der Waals surface area contributed by atoms with Crippen molar-refractivity contribution in [1.82, 2.24) is 9.78 Å². The van der Waals surface area contributed by atoms with Crippen LogP contribution in [0.1, 0.15) is 20.7 Å². The minimum absolute atomic E-state index is 0.329. The minimum atomic E-state index is -0.491. The molecule has 0 bridgehead atoms. The number of thiophene rings is 1. The summed E-state index contributed by atoms with van der Waals surface area (Å²) in [6, 6.07) is 16.1. The summed E-state index contributed by atoms with van der Waals surface area (Å²) in [4.78, 5) is 25.6. The van der Waals surface area contributed by atoms with Gasteiger partial charge in [-0.15, -0.1) is 11.3 Å². The fraction of sp³-hybridized carbons (Fsp3) is 0.0455. The van der Waals surface area contributed by atoms with Crippen molar-refractivity contribution in [3.63, 3.8) is 0 Å². The van der Waals surface area contributed by atoms with Crippen molar-refractivity contribution in [3.05, 3.63) is 89.2 Å². The lowest BCUT2D eigenvalue weighted by Crippen LogP contribution is -2.13. The average molecular weight is 421 g/mol. The molecule has 8 heteroatoms. The molecule has 30 heavy (non-hydrogen) atoms. The first-order chi connectivity index (χ1) is 14.5. The quantitative estimate of drug-likeness (QED) is 0.471. The number of aromatic nitrogens is 2. The lowest BCUT2D eigenvalue weighted by molar-refractivity contribution is 0.0600. The van der Waals surface area contributed by atoms with Crippen LogP contribution in [0.3, 0.4) is 0 Å². The Balaban J connectivity index is 1.69. The lowest BCUT2D eigenvalue weighted by Gasteiger charge is -2.06. The van der Waals surface area contributed by atoms with Gasteiger partial charge in [0.15, 0.2) is 0 Å². The van der Waals surface area contributed by atoms with Gasteiger partial charge in [0.05, 0.1) is 28.8 Å². The topological polar surface area (TPSA) is 73.2 Å². The second-order valence-electron chi connectivity index (χ2n) is 6.32. The number of esters is 1. The van der Waals surface area contributed by atoms with E-state index >= 15 is 0 Å². The Morgan fingerprint density at radius 3 is 2.60 bits per heavy atom. The molecule has 4 aromatic rings. The first-order valence-corrected chi connectivity index (χ1v) is 9.82. The third-order valence-electron chi connectivity index (χ3n) is 4.35. The molecule has 2 heterocycles. The molecular formula is C22H16FN3O3S. The number of methoxy groups -OCH3 is 1. The summed E-state index contributed by atoms with van der Waals surface area (Å²) >= 11 is 1.46. The predicted molar refractivity (Wildman–Crippen MR) is 113 cm³/mol. The van der Waals surface area contributed by atoms with Crippen LogP contribution in [0.2, 0.25) is 0 Å². The van der Waals surface area contributed by atoms with Crippen LogP contribution in [-0.4, -0.2) is 28.8 Å². The number of rotatable bonds is 5. The fourth-order valence-corrected chi connectivity index (χ4v) is 3.62. The van der Waals surface area contributed by atoms with Gasteiger partial charge in [-0.3, -0.25) is 4.79 Å². The zero-order valence-corrected chi connectivity index (χ0v) is 16.7. The van der Waals surface area contributed by atoms with Gasteiger partial charge in [0.1, 0.15) is 11.5 Å². The van der Waals surface area contributed by atoms with E-state index in [-0.39, 0.29) is 11.7 Å². The molecule has 0 radical (unpaired) electrons. The summed E-state index contributed by atoms with van der Waals surface area (Å²) < 4.78 is 19.5. The van der Waals surface area contributed by atoms with E-state index in [1.807, 2.05) is 17.5 Å². The Labute approximate surface area is 175 Å². The number of carbonyl (C=O) groups is 2. The number of amides is 1. The number of anilines is 1. The Bertz CT molecular complexity index is 1200. The molecule has 6 nitrogen and oxygen atoms in total. The van der Waals surface area contributed by atoms with E-state index < -0.39 is 5.97 Å². The van der Waals surface area contributed by atoms with Gasteiger partial charge in [0, 0.05) is 11.9 Å². The van der Waals surface area contributed by atoms with Gasteiger partial charge >= 0.3 is 5.97 Å². The lowest BCUT2D eigenvalue weighted by atomic mass is 10.1. The standard InChI is InChI=1S/C22H16FN3O3S/c1-29-22(28)14-4-2-5-16(12-14)24-21(27)18-13-26(17-9-7-15(23)8-10-17)25-20(18)19-6-3-11-30-19/h2-13H,1H3,(H,24,27). The van der Waals surface area contributed by atoms with Crippen molar-refractivity contribution in [2.24, 2.45) is 0 Å². The van der Waals surface area contributed by atoms with Crippen molar-refractivity contribution in [3.8, 4) is 16.3 Å². The molecule has 0 saturated heterocycles. The number of hydrogen-bond acceptors (Lipinski definition) is 5. The van der Waals surface area contributed by atoms with Gasteiger partial charge in [-0.2, -0.15) is 5.10 Å². The molecule has 1 N–H and O–H groups in total. The van der Waals surface area contributed by atoms with E-state index in [0.29, 0.717) is 28.2 Å². The van der Waals surface area contributed by atoms with Gasteiger partial charge in [-0.05, 0) is 53.9 Å². The summed E-state index contributed by atoms with van der Waals surface area (Å²) in [6.45, 7) is 0. The first-order valence-electron chi connectivity index (χ1n) is 8.94. The van der Waals surface area contributed by atoms with Gasteiger partial charge in [0.2, 0.25) is 0 Å². The molecule has 2 aromatic heterocycles. The highest BCUT2D eigenvalue weighted by Crippen LogP contribution is 2.28. The summed E-state index contributed by atoms with van der Waals surface area (Å²) in [6.07, 6.45) is 1.60. The van der Waals surface area contributed by atoms with Gasteiger partial charge in [-0.25, -0.2) is 13.9 Å². The molecule has 1 amide bonds. The van der Waals surface area contributed by atoms with Crippen LogP contribution >= 0.6 is 11.3 Å². The maximum Gasteiger partial charge on any atom is 0.337 e. The Hall–Kier alpha value is -3.78. The average Bonchev–Trinajstić information content (AvgIpc) is 3.44. The fourth-order valence-electron chi connectivity index (χ4n) is 2.90. The smallest absolute Gasteiger partial charge is 0.337 e. The molecule has 0 aliphatic carbocycles. The molecule has 0 spiro atoms. The summed E-state index contributed by atoms with van der Waals surface area (Å²) in [7, 11) is 1.30. The molecule has 0 unspecified atom stereocenters. The van der Waals surface area contributed by atoms with E-state index in [1.165, 1.54) is 35.3 Å². The Morgan fingerprint density at radius 1 is 1.10 bits per heavy atom. The highest BCUT2D eigenvalue weighted by Gasteiger charge is 2.20.